The summed E-state index contributed by atoms with van der Waals surface area (Å²) in [5.74, 6) is 8.73. The molecule has 4 N–H and O–H groups in total. The van der Waals surface area contributed by atoms with Gasteiger partial charge in [0.1, 0.15) is 6.33 Å². The summed E-state index contributed by atoms with van der Waals surface area (Å²) >= 11 is 3.77. The van der Waals surface area contributed by atoms with E-state index in [9.17, 15) is 10.1 Å². The van der Waals surface area contributed by atoms with Gasteiger partial charge in [-0.25, -0.2) is 15.8 Å². The highest BCUT2D eigenvalue weighted by molar-refractivity contribution is 8.06. The van der Waals surface area contributed by atoms with Crippen molar-refractivity contribution in [3.8, 4) is 0 Å². The van der Waals surface area contributed by atoms with Crippen LogP contribution < -0.4 is 16.6 Å². The topological polar surface area (TPSA) is 119 Å². The van der Waals surface area contributed by atoms with Crippen molar-refractivity contribution < 1.29 is 4.92 Å². The normalized spacial score (nSPS) is 18.9. The third-order valence-electron chi connectivity index (χ3n) is 2.52. The fourth-order valence-corrected chi connectivity index (χ4v) is 4.26. The van der Waals surface area contributed by atoms with Crippen LogP contribution in [0.5, 0.6) is 0 Å². The molecule has 0 bridgehead atoms. The van der Waals surface area contributed by atoms with Gasteiger partial charge in [0.15, 0.2) is 0 Å². The Morgan fingerprint density at radius 3 is 2.89 bits per heavy atom. The number of thioether (sulfide) groups is 2. The smallest absolute Gasteiger partial charge is 0.354 e. The summed E-state index contributed by atoms with van der Waals surface area (Å²) in [6.45, 7) is 0.638. The van der Waals surface area contributed by atoms with E-state index in [0.717, 1.165) is 17.3 Å². The fraction of sp³-hybridized carbons (Fsp3) is 0.556. The molecule has 0 radical (unpaired) electrons. The van der Waals surface area contributed by atoms with Crippen LogP contribution in [0.2, 0.25) is 0 Å². The number of nitrogen functional groups attached to an aromatic ring is 1. The van der Waals surface area contributed by atoms with Crippen molar-refractivity contribution in [1.29, 1.82) is 0 Å². The highest BCUT2D eigenvalue weighted by atomic mass is 32.2. The molecule has 0 aromatic carbocycles. The van der Waals surface area contributed by atoms with Crippen molar-refractivity contribution in [3.63, 3.8) is 0 Å². The number of nitrogens with two attached hydrogens (primary N) is 1. The van der Waals surface area contributed by atoms with Crippen LogP contribution in [-0.4, -0.2) is 43.9 Å². The lowest BCUT2D eigenvalue weighted by Gasteiger charge is -2.21. The molecule has 1 aliphatic rings. The number of hydrogen-bond acceptors (Lipinski definition) is 9. The Balaban J connectivity index is 2.08. The monoisotopic (exact) mass is 302 g/mol. The summed E-state index contributed by atoms with van der Waals surface area (Å²) in [5, 5.41) is 14.5. The van der Waals surface area contributed by atoms with Crippen LogP contribution in [0.3, 0.4) is 0 Å². The van der Waals surface area contributed by atoms with Crippen molar-refractivity contribution in [2.45, 2.75) is 5.25 Å². The Morgan fingerprint density at radius 1 is 1.47 bits per heavy atom. The predicted molar refractivity (Wildman–Crippen MR) is 78.6 cm³/mol. The van der Waals surface area contributed by atoms with E-state index in [1.165, 1.54) is 6.33 Å². The number of rotatable bonds is 5. The maximum Gasteiger partial charge on any atom is 0.354 e. The zero-order valence-electron chi connectivity index (χ0n) is 10.0. The molecule has 2 rings (SSSR count). The highest BCUT2D eigenvalue weighted by Gasteiger charge is 2.23. The van der Waals surface area contributed by atoms with E-state index < -0.39 is 4.92 Å². The van der Waals surface area contributed by atoms with Crippen LogP contribution >= 0.6 is 23.5 Å². The maximum atomic E-state index is 11.0. The maximum absolute atomic E-state index is 11.0. The van der Waals surface area contributed by atoms with Crippen molar-refractivity contribution in [3.05, 3.63) is 16.4 Å². The molecule has 0 saturated carbocycles. The van der Waals surface area contributed by atoms with Crippen LogP contribution in [-0.2, 0) is 0 Å². The second-order valence-corrected chi connectivity index (χ2v) is 6.33. The van der Waals surface area contributed by atoms with Crippen LogP contribution in [0.15, 0.2) is 6.33 Å². The molecule has 104 valence electrons. The van der Waals surface area contributed by atoms with Crippen molar-refractivity contribution in [2.75, 3.05) is 34.5 Å². The molecule has 1 aliphatic heterocycles. The molecule has 1 unspecified atom stereocenters. The number of nitro groups is 1. The van der Waals surface area contributed by atoms with E-state index >= 15 is 0 Å². The van der Waals surface area contributed by atoms with Gasteiger partial charge in [-0.1, -0.05) is 0 Å². The molecule has 2 heterocycles. The molecule has 0 aliphatic carbocycles. The third kappa shape index (κ3) is 3.61. The van der Waals surface area contributed by atoms with Gasteiger partial charge in [0, 0.05) is 29.1 Å². The van der Waals surface area contributed by atoms with Crippen LogP contribution in [0.4, 0.5) is 17.3 Å². The minimum absolute atomic E-state index is 0.00757. The van der Waals surface area contributed by atoms with Crippen LogP contribution in [0.25, 0.3) is 0 Å². The first-order valence-corrected chi connectivity index (χ1v) is 7.82. The van der Waals surface area contributed by atoms with Crippen LogP contribution in [0, 0.1) is 10.1 Å². The van der Waals surface area contributed by atoms with Gasteiger partial charge in [-0.15, -0.1) is 0 Å². The van der Waals surface area contributed by atoms with Gasteiger partial charge >= 0.3 is 5.69 Å². The van der Waals surface area contributed by atoms with Gasteiger partial charge in [0.2, 0.25) is 11.6 Å². The standard InChI is InChI=1S/C9H14N6O2S2/c10-14-9-7(15(16)17)8(12-5-13-9)11-3-6-4-18-1-2-19-6/h5-6H,1-4,10H2,(H2,11,12,13,14). The van der Waals surface area contributed by atoms with Gasteiger partial charge in [0.05, 0.1) is 4.92 Å². The Labute approximate surface area is 118 Å². The van der Waals surface area contributed by atoms with Gasteiger partial charge in [-0.2, -0.15) is 23.5 Å². The first-order chi connectivity index (χ1) is 9.22. The number of anilines is 2. The van der Waals surface area contributed by atoms with Gasteiger partial charge in [-0.3, -0.25) is 10.1 Å². The van der Waals surface area contributed by atoms with Crippen molar-refractivity contribution >= 4 is 40.8 Å². The lowest BCUT2D eigenvalue weighted by molar-refractivity contribution is -0.383. The average Bonchev–Trinajstić information content (AvgIpc) is 2.45. The largest absolute Gasteiger partial charge is 0.363 e. The third-order valence-corrected chi connectivity index (χ3v) is 5.37. The Hall–Kier alpha value is -1.26. The summed E-state index contributed by atoms with van der Waals surface area (Å²) in [5.41, 5.74) is 1.99. The Kier molecular flexibility index (Phi) is 5.05. The molecule has 0 spiro atoms. The molecule has 10 heteroatoms. The quantitative estimate of drug-likeness (QED) is 0.414. The minimum Gasteiger partial charge on any atom is -0.363 e. The minimum atomic E-state index is -0.541. The summed E-state index contributed by atoms with van der Waals surface area (Å²) in [7, 11) is 0. The number of aromatic nitrogens is 2. The van der Waals surface area contributed by atoms with E-state index in [2.05, 4.69) is 20.7 Å². The summed E-state index contributed by atoms with van der Waals surface area (Å²) in [4.78, 5) is 18.1. The second kappa shape index (κ2) is 6.78. The molecule has 1 atom stereocenters. The summed E-state index contributed by atoms with van der Waals surface area (Å²) < 4.78 is 0. The number of hydrogen-bond donors (Lipinski definition) is 3. The molecular weight excluding hydrogens is 288 g/mol. The first kappa shape index (κ1) is 14.2. The highest BCUT2D eigenvalue weighted by Crippen LogP contribution is 2.29. The summed E-state index contributed by atoms with van der Waals surface area (Å²) in [6.07, 6.45) is 1.24. The van der Waals surface area contributed by atoms with E-state index in [-0.39, 0.29) is 17.3 Å². The molecule has 1 saturated heterocycles. The molecule has 1 fully saturated rings. The molecule has 1 aromatic rings. The zero-order valence-corrected chi connectivity index (χ0v) is 11.7. The Bertz CT molecular complexity index is 454. The lowest BCUT2D eigenvalue weighted by atomic mass is 10.4. The second-order valence-electron chi connectivity index (χ2n) is 3.77. The van der Waals surface area contributed by atoms with Gasteiger partial charge in [0.25, 0.3) is 0 Å². The molecule has 19 heavy (non-hydrogen) atoms. The van der Waals surface area contributed by atoms with E-state index in [0.29, 0.717) is 11.8 Å². The fourth-order valence-electron chi connectivity index (χ4n) is 1.65. The van der Waals surface area contributed by atoms with E-state index in [4.69, 9.17) is 5.84 Å². The van der Waals surface area contributed by atoms with Crippen molar-refractivity contribution in [1.82, 2.24) is 9.97 Å². The van der Waals surface area contributed by atoms with E-state index in [1.54, 1.807) is 0 Å². The number of hydrazine groups is 1. The SMILES string of the molecule is NNc1ncnc(NCC2CSCCS2)c1[N+](=O)[O-]. The lowest BCUT2D eigenvalue weighted by Crippen LogP contribution is -2.24. The Morgan fingerprint density at radius 2 is 2.26 bits per heavy atom. The number of nitrogens with one attached hydrogen (secondary N) is 2. The molecule has 1 aromatic heterocycles. The van der Waals surface area contributed by atoms with Crippen LogP contribution in [0.1, 0.15) is 0 Å². The summed E-state index contributed by atoms with van der Waals surface area (Å²) in [6, 6.07) is 0. The van der Waals surface area contributed by atoms with Crippen molar-refractivity contribution in [2.24, 2.45) is 5.84 Å². The average molecular weight is 302 g/mol. The van der Waals surface area contributed by atoms with E-state index in [1.807, 2.05) is 23.5 Å². The van der Waals surface area contributed by atoms with Gasteiger partial charge in [-0.05, 0) is 0 Å². The number of nitrogens with zero attached hydrogens (tertiary/aromatic N) is 3. The molecule has 8 nitrogen and oxygen atoms in total. The first-order valence-electron chi connectivity index (χ1n) is 5.61. The zero-order chi connectivity index (χ0) is 13.7. The van der Waals surface area contributed by atoms with Gasteiger partial charge < -0.3 is 10.7 Å². The predicted octanol–water partition coefficient (Wildman–Crippen LogP) is 0.931. The molecule has 0 amide bonds. The molecular formula is C9H14N6O2S2.